The molecule has 3 heterocycles. The molecular weight excluding hydrogens is 436 g/mol. The third kappa shape index (κ3) is 4.32. The predicted octanol–water partition coefficient (Wildman–Crippen LogP) is 5.06. The standard InChI is InChI=1S/C25H23ClN6O/c1-16-12-22(32(30-16)21-8-5-17-13-20(26)7-4-18(17)14-21)25(33)29-23-9-6-19(15-28-23)24(27)31-10-2-3-11-31/h4-9,12-15,27H,2-3,10-11H2,1H3,(H,28,29,33). The molecular formula is C25H23ClN6O. The Morgan fingerprint density at radius 2 is 1.79 bits per heavy atom. The van der Waals surface area contributed by atoms with Crippen LogP contribution in [0.5, 0.6) is 0 Å². The van der Waals surface area contributed by atoms with E-state index in [9.17, 15) is 4.79 Å². The lowest BCUT2D eigenvalue weighted by Crippen LogP contribution is -2.27. The summed E-state index contributed by atoms with van der Waals surface area (Å²) >= 11 is 6.09. The Balaban J connectivity index is 1.37. The van der Waals surface area contributed by atoms with E-state index < -0.39 is 0 Å². The van der Waals surface area contributed by atoms with Crippen molar-refractivity contribution >= 4 is 39.9 Å². The van der Waals surface area contributed by atoms with Gasteiger partial charge >= 0.3 is 0 Å². The van der Waals surface area contributed by atoms with E-state index in [1.165, 1.54) is 0 Å². The number of rotatable bonds is 4. The van der Waals surface area contributed by atoms with E-state index in [0.29, 0.717) is 22.4 Å². The molecule has 2 N–H and O–H groups in total. The fraction of sp³-hybridized carbons (Fsp3) is 0.200. The number of hydrogen-bond donors (Lipinski definition) is 2. The van der Waals surface area contributed by atoms with Crippen molar-refractivity contribution in [3.05, 3.63) is 82.8 Å². The molecule has 1 fully saturated rings. The number of aryl methyl sites for hydroxylation is 1. The number of halogens is 1. The molecule has 1 aliphatic heterocycles. The molecule has 0 unspecified atom stereocenters. The molecule has 0 atom stereocenters. The minimum Gasteiger partial charge on any atom is -0.357 e. The minimum absolute atomic E-state index is 0.304. The summed E-state index contributed by atoms with van der Waals surface area (Å²) in [7, 11) is 0. The van der Waals surface area contributed by atoms with E-state index in [-0.39, 0.29) is 5.91 Å². The van der Waals surface area contributed by atoms with Crippen LogP contribution in [0.1, 0.15) is 34.6 Å². The lowest BCUT2D eigenvalue weighted by molar-refractivity contribution is 0.101. The lowest BCUT2D eigenvalue weighted by Gasteiger charge is -2.18. The van der Waals surface area contributed by atoms with Crippen LogP contribution in [0.25, 0.3) is 16.5 Å². The van der Waals surface area contributed by atoms with Gasteiger partial charge in [0.25, 0.3) is 5.91 Å². The van der Waals surface area contributed by atoms with Crippen molar-refractivity contribution in [1.29, 1.82) is 5.41 Å². The van der Waals surface area contributed by atoms with Crippen LogP contribution < -0.4 is 5.32 Å². The van der Waals surface area contributed by atoms with Crippen molar-refractivity contribution in [3.63, 3.8) is 0 Å². The molecule has 4 aromatic rings. The first-order valence-corrected chi connectivity index (χ1v) is 11.2. The summed E-state index contributed by atoms with van der Waals surface area (Å²) in [6.07, 6.45) is 3.86. The fourth-order valence-electron chi connectivity index (χ4n) is 4.11. The summed E-state index contributed by atoms with van der Waals surface area (Å²) in [5.74, 6) is 0.599. The maximum absolute atomic E-state index is 13.1. The smallest absolute Gasteiger partial charge is 0.275 e. The van der Waals surface area contributed by atoms with Gasteiger partial charge in [-0.3, -0.25) is 10.2 Å². The van der Waals surface area contributed by atoms with Gasteiger partial charge in [0, 0.05) is 29.9 Å². The molecule has 1 saturated heterocycles. The van der Waals surface area contributed by atoms with Crippen molar-refractivity contribution in [1.82, 2.24) is 19.7 Å². The summed E-state index contributed by atoms with van der Waals surface area (Å²) in [5, 5.41) is 18.4. The Labute approximate surface area is 196 Å². The van der Waals surface area contributed by atoms with Crippen molar-refractivity contribution in [2.24, 2.45) is 0 Å². The molecule has 8 heteroatoms. The number of amidine groups is 1. The van der Waals surface area contributed by atoms with Gasteiger partial charge in [-0.25, -0.2) is 9.67 Å². The van der Waals surface area contributed by atoms with Gasteiger partial charge in [0.15, 0.2) is 0 Å². The Bertz CT molecular complexity index is 1360. The summed E-state index contributed by atoms with van der Waals surface area (Å²) in [6, 6.07) is 16.8. The third-order valence-corrected chi connectivity index (χ3v) is 6.03. The maximum Gasteiger partial charge on any atom is 0.275 e. The predicted molar refractivity (Wildman–Crippen MR) is 131 cm³/mol. The third-order valence-electron chi connectivity index (χ3n) is 5.80. The second-order valence-corrected chi connectivity index (χ2v) is 8.62. The quantitative estimate of drug-likeness (QED) is 0.330. The molecule has 33 heavy (non-hydrogen) atoms. The zero-order valence-electron chi connectivity index (χ0n) is 18.2. The highest BCUT2D eigenvalue weighted by Crippen LogP contribution is 2.23. The zero-order valence-corrected chi connectivity index (χ0v) is 18.9. The average molecular weight is 459 g/mol. The highest BCUT2D eigenvalue weighted by Gasteiger charge is 2.18. The minimum atomic E-state index is -0.304. The van der Waals surface area contributed by atoms with Gasteiger partial charge in [0.05, 0.1) is 11.4 Å². The van der Waals surface area contributed by atoms with Crippen LogP contribution in [0.15, 0.2) is 60.8 Å². The maximum atomic E-state index is 13.1. The average Bonchev–Trinajstić information content (AvgIpc) is 3.49. The van der Waals surface area contributed by atoms with E-state index in [0.717, 1.165) is 53.6 Å². The number of amides is 1. The highest BCUT2D eigenvalue weighted by molar-refractivity contribution is 6.31. The van der Waals surface area contributed by atoms with Crippen molar-refractivity contribution in [2.75, 3.05) is 18.4 Å². The largest absolute Gasteiger partial charge is 0.357 e. The van der Waals surface area contributed by atoms with Crippen LogP contribution in [0, 0.1) is 12.3 Å². The topological polar surface area (TPSA) is 86.9 Å². The Morgan fingerprint density at radius 1 is 1.03 bits per heavy atom. The number of fused-ring (bicyclic) bond motifs is 1. The van der Waals surface area contributed by atoms with Gasteiger partial charge in [-0.05, 0) is 73.0 Å². The van der Waals surface area contributed by atoms with E-state index >= 15 is 0 Å². The highest BCUT2D eigenvalue weighted by atomic mass is 35.5. The number of pyridine rings is 1. The summed E-state index contributed by atoms with van der Waals surface area (Å²) in [6.45, 7) is 3.66. The van der Waals surface area contributed by atoms with Crippen LogP contribution >= 0.6 is 11.6 Å². The van der Waals surface area contributed by atoms with Crippen molar-refractivity contribution in [2.45, 2.75) is 19.8 Å². The second-order valence-electron chi connectivity index (χ2n) is 8.19. The molecule has 2 aromatic carbocycles. The van der Waals surface area contributed by atoms with Crippen LogP contribution in [0.2, 0.25) is 5.02 Å². The number of hydrogen-bond acceptors (Lipinski definition) is 4. The monoisotopic (exact) mass is 458 g/mol. The molecule has 1 amide bonds. The molecule has 0 aliphatic carbocycles. The van der Waals surface area contributed by atoms with Gasteiger partial charge in [-0.1, -0.05) is 23.7 Å². The molecule has 7 nitrogen and oxygen atoms in total. The van der Waals surface area contributed by atoms with Gasteiger partial charge in [-0.2, -0.15) is 5.10 Å². The first kappa shape index (κ1) is 21.2. The molecule has 166 valence electrons. The number of anilines is 1. The number of nitrogens with zero attached hydrogens (tertiary/aromatic N) is 4. The number of likely N-dealkylation sites (tertiary alicyclic amines) is 1. The normalized spacial score (nSPS) is 13.5. The van der Waals surface area contributed by atoms with E-state index in [2.05, 4.69) is 15.4 Å². The zero-order chi connectivity index (χ0) is 22.9. The number of carbonyl (C=O) groups excluding carboxylic acids is 1. The molecule has 5 rings (SSSR count). The molecule has 1 aliphatic rings. The fourth-order valence-corrected chi connectivity index (χ4v) is 4.29. The molecule has 0 spiro atoms. The molecule has 0 saturated carbocycles. The van der Waals surface area contributed by atoms with Gasteiger partial charge in [0.2, 0.25) is 0 Å². The molecule has 0 radical (unpaired) electrons. The SMILES string of the molecule is Cc1cc(C(=O)Nc2ccc(C(=N)N3CCCC3)cn2)n(-c2ccc3cc(Cl)ccc3c2)n1. The van der Waals surface area contributed by atoms with E-state index in [1.807, 2.05) is 54.3 Å². The number of benzene rings is 2. The van der Waals surface area contributed by atoms with Crippen molar-refractivity contribution < 1.29 is 4.79 Å². The lowest BCUT2D eigenvalue weighted by atomic mass is 10.1. The van der Waals surface area contributed by atoms with E-state index in [1.54, 1.807) is 23.0 Å². The Kier molecular flexibility index (Phi) is 5.56. The Morgan fingerprint density at radius 3 is 2.55 bits per heavy atom. The van der Waals surface area contributed by atoms with Crippen LogP contribution in [-0.2, 0) is 0 Å². The van der Waals surface area contributed by atoms with Gasteiger partial charge in [-0.15, -0.1) is 0 Å². The summed E-state index contributed by atoms with van der Waals surface area (Å²) < 4.78 is 1.64. The Hall–Kier alpha value is -3.71. The molecule has 0 bridgehead atoms. The second kappa shape index (κ2) is 8.67. The first-order valence-electron chi connectivity index (χ1n) is 10.9. The van der Waals surface area contributed by atoms with Crippen LogP contribution in [-0.4, -0.2) is 44.5 Å². The number of aromatic nitrogens is 3. The van der Waals surface area contributed by atoms with Crippen molar-refractivity contribution in [3.8, 4) is 5.69 Å². The summed E-state index contributed by atoms with van der Waals surface area (Å²) in [5.41, 5.74) is 2.67. The molecule has 2 aromatic heterocycles. The number of nitrogens with one attached hydrogen (secondary N) is 2. The van der Waals surface area contributed by atoms with Gasteiger partial charge < -0.3 is 10.2 Å². The van der Waals surface area contributed by atoms with Crippen LogP contribution in [0.4, 0.5) is 5.82 Å². The first-order chi connectivity index (χ1) is 16.0. The van der Waals surface area contributed by atoms with Gasteiger partial charge in [0.1, 0.15) is 17.3 Å². The number of carbonyl (C=O) groups is 1. The van der Waals surface area contributed by atoms with E-state index in [4.69, 9.17) is 17.0 Å². The van der Waals surface area contributed by atoms with Crippen LogP contribution in [0.3, 0.4) is 0 Å². The summed E-state index contributed by atoms with van der Waals surface area (Å²) in [4.78, 5) is 19.5.